The number of fused-ring (bicyclic) bond motifs is 1. The number of hydrogen-bond acceptors (Lipinski definition) is 4. The summed E-state index contributed by atoms with van der Waals surface area (Å²) in [6, 6.07) is 0.649. The zero-order valence-corrected chi connectivity index (χ0v) is 9.71. The largest absolute Gasteiger partial charge is 0.351 e. The van der Waals surface area contributed by atoms with Crippen LogP contribution in [-0.2, 0) is 0 Å². The second-order valence-electron chi connectivity index (χ2n) is 4.92. The molecule has 0 N–H and O–H groups in total. The highest BCUT2D eigenvalue weighted by Gasteiger charge is 2.37. The summed E-state index contributed by atoms with van der Waals surface area (Å²) in [6.45, 7) is 3.55. The second-order valence-corrected chi connectivity index (χ2v) is 4.92. The minimum atomic E-state index is 0.649. The van der Waals surface area contributed by atoms with Gasteiger partial charge in [-0.3, -0.25) is 4.98 Å². The first kappa shape index (κ1) is 10.0. The number of nitrogens with zero attached hydrogens (tertiary/aromatic N) is 4. The van der Waals surface area contributed by atoms with Crippen molar-refractivity contribution in [1.82, 2.24) is 14.9 Å². The smallest absolute Gasteiger partial charge is 0.147 e. The van der Waals surface area contributed by atoms with Crippen LogP contribution in [0.1, 0.15) is 12.8 Å². The van der Waals surface area contributed by atoms with Crippen molar-refractivity contribution < 1.29 is 0 Å². The van der Waals surface area contributed by atoms with Gasteiger partial charge in [-0.15, -0.1) is 0 Å². The van der Waals surface area contributed by atoms with Crippen molar-refractivity contribution in [3.63, 3.8) is 0 Å². The highest BCUT2D eigenvalue weighted by Crippen LogP contribution is 2.33. The zero-order valence-electron chi connectivity index (χ0n) is 9.71. The summed E-state index contributed by atoms with van der Waals surface area (Å²) in [5.41, 5.74) is 0. The minimum Gasteiger partial charge on any atom is -0.351 e. The molecule has 3 heterocycles. The van der Waals surface area contributed by atoms with Gasteiger partial charge >= 0.3 is 0 Å². The fourth-order valence-electron chi connectivity index (χ4n) is 3.02. The zero-order chi connectivity index (χ0) is 11.0. The van der Waals surface area contributed by atoms with Crippen LogP contribution in [0.5, 0.6) is 0 Å². The van der Waals surface area contributed by atoms with Gasteiger partial charge in [0.25, 0.3) is 0 Å². The van der Waals surface area contributed by atoms with Gasteiger partial charge in [0.1, 0.15) is 5.82 Å². The summed E-state index contributed by atoms with van der Waals surface area (Å²) >= 11 is 0. The van der Waals surface area contributed by atoms with Crippen LogP contribution in [0, 0.1) is 5.92 Å². The quantitative estimate of drug-likeness (QED) is 0.704. The van der Waals surface area contributed by atoms with Gasteiger partial charge in [-0.1, -0.05) is 0 Å². The number of anilines is 1. The lowest BCUT2D eigenvalue weighted by atomic mass is 9.92. The molecule has 3 rings (SSSR count). The van der Waals surface area contributed by atoms with E-state index in [4.69, 9.17) is 0 Å². The summed E-state index contributed by atoms with van der Waals surface area (Å²) < 4.78 is 0. The van der Waals surface area contributed by atoms with E-state index in [1.54, 1.807) is 12.4 Å². The number of likely N-dealkylation sites (N-methyl/N-ethyl adjacent to an activating group) is 1. The van der Waals surface area contributed by atoms with E-state index < -0.39 is 0 Å². The third kappa shape index (κ3) is 1.67. The van der Waals surface area contributed by atoms with E-state index in [1.807, 2.05) is 6.20 Å². The summed E-state index contributed by atoms with van der Waals surface area (Å²) in [5, 5.41) is 0. The first-order chi connectivity index (χ1) is 7.84. The van der Waals surface area contributed by atoms with Gasteiger partial charge in [-0.05, 0) is 32.4 Å². The predicted molar refractivity (Wildman–Crippen MR) is 63.4 cm³/mol. The lowest BCUT2D eigenvalue weighted by Crippen LogP contribution is -2.46. The average Bonchev–Trinajstić information content (AvgIpc) is 2.73. The Hall–Kier alpha value is -1.16. The van der Waals surface area contributed by atoms with Crippen LogP contribution < -0.4 is 4.90 Å². The Kier molecular flexibility index (Phi) is 2.52. The monoisotopic (exact) mass is 218 g/mol. The minimum absolute atomic E-state index is 0.649. The molecule has 0 amide bonds. The molecule has 0 radical (unpaired) electrons. The third-order valence-corrected chi connectivity index (χ3v) is 3.91. The van der Waals surface area contributed by atoms with Crippen molar-refractivity contribution in [2.24, 2.45) is 5.92 Å². The molecular weight excluding hydrogens is 200 g/mol. The first-order valence-electron chi connectivity index (χ1n) is 6.06. The number of hydrogen-bond donors (Lipinski definition) is 0. The third-order valence-electron chi connectivity index (χ3n) is 3.91. The van der Waals surface area contributed by atoms with Gasteiger partial charge in [0, 0.05) is 31.5 Å². The van der Waals surface area contributed by atoms with Crippen molar-refractivity contribution in [3.8, 4) is 0 Å². The maximum Gasteiger partial charge on any atom is 0.147 e. The fraction of sp³-hybridized carbons (Fsp3) is 0.667. The van der Waals surface area contributed by atoms with Crippen LogP contribution in [0.2, 0.25) is 0 Å². The molecule has 2 fully saturated rings. The Morgan fingerprint density at radius 1 is 1.25 bits per heavy atom. The van der Waals surface area contributed by atoms with Crippen LogP contribution in [0.25, 0.3) is 0 Å². The topological polar surface area (TPSA) is 32.3 Å². The molecule has 2 aliphatic rings. The molecule has 0 bridgehead atoms. The Labute approximate surface area is 96.3 Å². The molecule has 0 unspecified atom stereocenters. The van der Waals surface area contributed by atoms with Gasteiger partial charge < -0.3 is 9.80 Å². The van der Waals surface area contributed by atoms with E-state index in [-0.39, 0.29) is 0 Å². The van der Waals surface area contributed by atoms with Crippen LogP contribution in [0.15, 0.2) is 18.6 Å². The van der Waals surface area contributed by atoms with Gasteiger partial charge in [-0.2, -0.15) is 0 Å². The van der Waals surface area contributed by atoms with E-state index in [0.29, 0.717) is 6.04 Å². The molecular formula is C12H18N4. The van der Waals surface area contributed by atoms with Crippen LogP contribution in [0.3, 0.4) is 0 Å². The van der Waals surface area contributed by atoms with Gasteiger partial charge in [0.2, 0.25) is 0 Å². The predicted octanol–water partition coefficient (Wildman–Crippen LogP) is 1.01. The normalized spacial score (nSPS) is 30.4. The molecule has 0 saturated carbocycles. The average molecular weight is 218 g/mol. The summed E-state index contributed by atoms with van der Waals surface area (Å²) in [7, 11) is 2.21. The maximum atomic E-state index is 4.42. The van der Waals surface area contributed by atoms with E-state index in [2.05, 4.69) is 26.8 Å². The van der Waals surface area contributed by atoms with Gasteiger partial charge in [0.15, 0.2) is 0 Å². The van der Waals surface area contributed by atoms with E-state index in [1.165, 1.54) is 25.9 Å². The molecule has 0 aliphatic carbocycles. The molecule has 2 aliphatic heterocycles. The molecule has 86 valence electrons. The lowest BCUT2D eigenvalue weighted by Gasteiger charge is -2.36. The Morgan fingerprint density at radius 2 is 2.12 bits per heavy atom. The molecule has 4 heteroatoms. The van der Waals surface area contributed by atoms with Crippen molar-refractivity contribution >= 4 is 5.82 Å². The van der Waals surface area contributed by atoms with E-state index >= 15 is 0 Å². The Morgan fingerprint density at radius 3 is 2.94 bits per heavy atom. The number of piperidine rings is 1. The Balaban J connectivity index is 1.82. The number of rotatable bonds is 1. The lowest BCUT2D eigenvalue weighted by molar-refractivity contribution is 0.208. The second kappa shape index (κ2) is 4.01. The van der Waals surface area contributed by atoms with Crippen molar-refractivity contribution in [3.05, 3.63) is 18.6 Å². The molecule has 2 saturated heterocycles. The number of aromatic nitrogens is 2. The molecule has 1 aromatic heterocycles. The summed E-state index contributed by atoms with van der Waals surface area (Å²) in [6.07, 6.45) is 8.06. The maximum absolute atomic E-state index is 4.42. The molecule has 0 aromatic carbocycles. The van der Waals surface area contributed by atoms with Crippen molar-refractivity contribution in [2.75, 3.05) is 31.6 Å². The Bertz CT molecular complexity index is 353. The highest BCUT2D eigenvalue weighted by atomic mass is 15.3. The first-order valence-corrected chi connectivity index (χ1v) is 6.06. The SMILES string of the molecule is CN1CC[C@@H]2CCN(c3cnccn3)[C@@H]2C1. The fourth-order valence-corrected chi connectivity index (χ4v) is 3.02. The van der Waals surface area contributed by atoms with Crippen molar-refractivity contribution in [1.29, 1.82) is 0 Å². The summed E-state index contributed by atoms with van der Waals surface area (Å²) in [4.78, 5) is 13.5. The number of likely N-dealkylation sites (tertiary alicyclic amines) is 1. The van der Waals surface area contributed by atoms with Gasteiger partial charge in [0.05, 0.1) is 6.20 Å². The molecule has 0 spiro atoms. The van der Waals surface area contributed by atoms with Crippen LogP contribution in [0.4, 0.5) is 5.82 Å². The highest BCUT2D eigenvalue weighted by molar-refractivity contribution is 5.39. The molecule has 1 aromatic rings. The van der Waals surface area contributed by atoms with Crippen LogP contribution >= 0.6 is 0 Å². The van der Waals surface area contributed by atoms with Gasteiger partial charge in [-0.25, -0.2) is 4.98 Å². The van der Waals surface area contributed by atoms with E-state index in [0.717, 1.165) is 18.3 Å². The molecule has 2 atom stereocenters. The van der Waals surface area contributed by atoms with E-state index in [9.17, 15) is 0 Å². The van der Waals surface area contributed by atoms with Crippen molar-refractivity contribution in [2.45, 2.75) is 18.9 Å². The molecule has 16 heavy (non-hydrogen) atoms. The standard InChI is InChI=1S/C12H18N4/c1-15-6-2-10-3-7-16(11(10)9-15)12-8-13-4-5-14-12/h4-5,8,10-11H,2-3,6-7,9H2,1H3/t10-,11-/m1/s1. The summed E-state index contributed by atoms with van der Waals surface area (Å²) in [5.74, 6) is 1.91. The molecule has 4 nitrogen and oxygen atoms in total. The van der Waals surface area contributed by atoms with Crippen LogP contribution in [-0.4, -0.2) is 47.6 Å².